The van der Waals surface area contributed by atoms with Gasteiger partial charge in [0.25, 0.3) is 15.7 Å². The van der Waals surface area contributed by atoms with Crippen LogP contribution in [0.2, 0.25) is 0 Å². The van der Waals surface area contributed by atoms with E-state index in [2.05, 4.69) is 4.74 Å². The van der Waals surface area contributed by atoms with Crippen LogP contribution in [0.3, 0.4) is 0 Å². The van der Waals surface area contributed by atoms with Gasteiger partial charge < -0.3 is 9.47 Å². The number of hydrogen-bond acceptors (Lipinski definition) is 7. The fraction of sp³-hybridized carbons (Fsp3) is 0.300. The van der Waals surface area contributed by atoms with E-state index in [-0.39, 0.29) is 12.4 Å². The summed E-state index contributed by atoms with van der Waals surface area (Å²) in [5.74, 6) is -0.112. The summed E-state index contributed by atoms with van der Waals surface area (Å²) < 4.78 is 33.3. The predicted octanol–water partition coefficient (Wildman–Crippen LogP) is 0.543. The molecule has 11 heteroatoms. The maximum absolute atomic E-state index is 12.0. The molecule has 0 unspecified atom stereocenters. The summed E-state index contributed by atoms with van der Waals surface area (Å²) in [5.41, 5.74) is 1.36. The van der Waals surface area contributed by atoms with E-state index in [0.717, 1.165) is 18.2 Å². The van der Waals surface area contributed by atoms with Crippen LogP contribution in [0.25, 0.3) is 0 Å². The van der Waals surface area contributed by atoms with E-state index < -0.39 is 31.6 Å². The van der Waals surface area contributed by atoms with Gasteiger partial charge in [0.2, 0.25) is 0 Å². The number of hydrogen-bond donors (Lipinski definition) is 2. The van der Waals surface area contributed by atoms with Crippen LogP contribution in [0.1, 0.15) is 6.92 Å². The molecular formula is C10H13N3O7S. The van der Waals surface area contributed by atoms with Crippen molar-refractivity contribution in [2.45, 2.75) is 11.8 Å². The van der Waals surface area contributed by atoms with Crippen molar-refractivity contribution in [2.24, 2.45) is 0 Å². The highest BCUT2D eigenvalue weighted by Crippen LogP contribution is 2.27. The Hall–Kier alpha value is -2.40. The number of sulfonamides is 1. The molecule has 0 aliphatic carbocycles. The average Bonchev–Trinajstić information content (AvgIpc) is 2.44. The van der Waals surface area contributed by atoms with Crippen LogP contribution in [0.15, 0.2) is 23.1 Å². The molecule has 0 saturated heterocycles. The Bertz CT molecular complexity index is 644. The minimum Gasteiger partial charge on any atom is -0.495 e. The molecule has 0 aliphatic rings. The first-order chi connectivity index (χ1) is 9.81. The second-order valence-electron chi connectivity index (χ2n) is 3.54. The second-order valence-corrected chi connectivity index (χ2v) is 5.19. The molecule has 1 aromatic rings. The summed E-state index contributed by atoms with van der Waals surface area (Å²) in [7, 11) is -3.06. The molecule has 0 saturated carbocycles. The predicted molar refractivity (Wildman–Crippen MR) is 70.1 cm³/mol. The summed E-state index contributed by atoms with van der Waals surface area (Å²) in [4.78, 5) is 22.2. The molecule has 10 nitrogen and oxygen atoms in total. The fourth-order valence-corrected chi connectivity index (χ4v) is 2.34. The van der Waals surface area contributed by atoms with Crippen molar-refractivity contribution in [3.8, 4) is 5.75 Å². The third kappa shape index (κ3) is 4.29. The maximum atomic E-state index is 12.0. The summed E-state index contributed by atoms with van der Waals surface area (Å²) in [5, 5.41) is 10.7. The molecule has 1 rings (SSSR count). The first-order valence-corrected chi connectivity index (χ1v) is 7.07. The molecule has 0 atom stereocenters. The molecule has 0 aliphatic heterocycles. The lowest BCUT2D eigenvalue weighted by atomic mass is 10.3. The molecule has 0 radical (unpaired) electrons. The normalized spacial score (nSPS) is 10.8. The number of hydrazine groups is 1. The number of benzene rings is 1. The molecule has 1 amide bonds. The molecule has 0 spiro atoms. The van der Waals surface area contributed by atoms with Crippen LogP contribution in [-0.4, -0.2) is 33.2 Å². The van der Waals surface area contributed by atoms with Gasteiger partial charge in [0, 0.05) is 12.1 Å². The lowest BCUT2D eigenvalue weighted by molar-refractivity contribution is -0.385. The molecule has 2 N–H and O–H groups in total. The number of nitro groups is 1. The van der Waals surface area contributed by atoms with E-state index >= 15 is 0 Å². The number of carbonyl (C=O) groups excluding carboxylic acids is 1. The second kappa shape index (κ2) is 6.85. The Morgan fingerprint density at radius 2 is 2.10 bits per heavy atom. The van der Waals surface area contributed by atoms with E-state index in [1.165, 1.54) is 14.0 Å². The van der Waals surface area contributed by atoms with Gasteiger partial charge >= 0.3 is 6.09 Å². The van der Waals surface area contributed by atoms with E-state index in [9.17, 15) is 23.3 Å². The highest BCUT2D eigenvalue weighted by atomic mass is 32.2. The Morgan fingerprint density at radius 1 is 1.43 bits per heavy atom. The van der Waals surface area contributed by atoms with Crippen molar-refractivity contribution in [2.75, 3.05) is 13.7 Å². The Balaban J connectivity index is 3.08. The summed E-state index contributed by atoms with van der Waals surface area (Å²) >= 11 is 0. The highest BCUT2D eigenvalue weighted by molar-refractivity contribution is 7.89. The summed E-state index contributed by atoms with van der Waals surface area (Å²) in [6, 6.07) is 3.04. The van der Waals surface area contributed by atoms with Gasteiger partial charge in [-0.3, -0.25) is 10.1 Å². The number of amides is 1. The molecule has 116 valence electrons. The molecular weight excluding hydrogens is 306 g/mol. The zero-order valence-corrected chi connectivity index (χ0v) is 12.0. The topological polar surface area (TPSA) is 137 Å². The van der Waals surface area contributed by atoms with Crippen molar-refractivity contribution in [3.63, 3.8) is 0 Å². The van der Waals surface area contributed by atoms with Crippen LogP contribution in [0, 0.1) is 10.1 Å². The number of methoxy groups -OCH3 is 1. The molecule has 0 heterocycles. The van der Waals surface area contributed by atoms with Crippen LogP contribution < -0.4 is 15.0 Å². The zero-order chi connectivity index (χ0) is 16.0. The zero-order valence-electron chi connectivity index (χ0n) is 11.2. The maximum Gasteiger partial charge on any atom is 0.422 e. The smallest absolute Gasteiger partial charge is 0.422 e. The first kappa shape index (κ1) is 16.7. The molecule has 0 bridgehead atoms. The minimum atomic E-state index is -4.26. The number of ether oxygens (including phenoxy) is 2. The van der Waals surface area contributed by atoms with Gasteiger partial charge in [0.15, 0.2) is 0 Å². The Morgan fingerprint density at radius 3 is 2.62 bits per heavy atom. The van der Waals surface area contributed by atoms with Crippen LogP contribution in [0.5, 0.6) is 5.75 Å². The van der Waals surface area contributed by atoms with E-state index in [4.69, 9.17) is 4.74 Å². The van der Waals surface area contributed by atoms with Crippen molar-refractivity contribution in [1.29, 1.82) is 0 Å². The number of nitro benzene ring substituents is 1. The lowest BCUT2D eigenvalue weighted by Crippen LogP contribution is -2.41. The average molecular weight is 319 g/mol. The van der Waals surface area contributed by atoms with Crippen molar-refractivity contribution < 1.29 is 27.6 Å². The van der Waals surface area contributed by atoms with Gasteiger partial charge in [-0.25, -0.2) is 18.6 Å². The van der Waals surface area contributed by atoms with Crippen LogP contribution >= 0.6 is 0 Å². The Kier molecular flexibility index (Phi) is 5.44. The summed E-state index contributed by atoms with van der Waals surface area (Å²) in [6.07, 6.45) is -1.01. The van der Waals surface area contributed by atoms with Crippen molar-refractivity contribution in [1.82, 2.24) is 10.3 Å². The van der Waals surface area contributed by atoms with Gasteiger partial charge in [0.1, 0.15) is 10.6 Å². The number of nitrogens with one attached hydrogen (secondary N) is 2. The lowest BCUT2D eigenvalue weighted by Gasteiger charge is -2.11. The van der Waals surface area contributed by atoms with Gasteiger partial charge in [0.05, 0.1) is 18.6 Å². The Labute approximate surface area is 120 Å². The van der Waals surface area contributed by atoms with Crippen LogP contribution in [0.4, 0.5) is 10.5 Å². The van der Waals surface area contributed by atoms with Gasteiger partial charge in [-0.15, -0.1) is 4.83 Å². The quantitative estimate of drug-likeness (QED) is 0.576. The van der Waals surface area contributed by atoms with Crippen molar-refractivity contribution in [3.05, 3.63) is 28.3 Å². The highest BCUT2D eigenvalue weighted by Gasteiger charge is 2.23. The van der Waals surface area contributed by atoms with Gasteiger partial charge in [-0.05, 0) is 13.0 Å². The molecule has 0 aromatic heterocycles. The monoisotopic (exact) mass is 319 g/mol. The van der Waals surface area contributed by atoms with Crippen molar-refractivity contribution >= 4 is 21.8 Å². The first-order valence-electron chi connectivity index (χ1n) is 5.58. The van der Waals surface area contributed by atoms with Gasteiger partial charge in [-0.2, -0.15) is 0 Å². The van der Waals surface area contributed by atoms with Crippen LogP contribution in [-0.2, 0) is 14.8 Å². The number of rotatable bonds is 6. The SMILES string of the molecule is CCOC(=O)NNS(=O)(=O)c1cc([N+](=O)[O-])ccc1OC. The largest absolute Gasteiger partial charge is 0.495 e. The summed E-state index contributed by atoms with van der Waals surface area (Å²) in [6.45, 7) is 1.59. The minimum absolute atomic E-state index is 0.0493. The molecule has 1 aromatic carbocycles. The van der Waals surface area contributed by atoms with E-state index in [1.807, 2.05) is 0 Å². The van der Waals surface area contributed by atoms with Gasteiger partial charge in [-0.1, -0.05) is 0 Å². The van der Waals surface area contributed by atoms with E-state index in [0.29, 0.717) is 0 Å². The molecule has 0 fully saturated rings. The number of nitrogens with zero attached hydrogens (tertiary/aromatic N) is 1. The number of carbonyl (C=O) groups is 1. The third-order valence-corrected chi connectivity index (χ3v) is 3.48. The third-order valence-electron chi connectivity index (χ3n) is 2.21. The molecule has 21 heavy (non-hydrogen) atoms. The fourth-order valence-electron chi connectivity index (χ4n) is 1.32. The number of non-ortho nitro benzene ring substituents is 1. The van der Waals surface area contributed by atoms with E-state index in [1.54, 1.807) is 10.3 Å². The standard InChI is InChI=1S/C10H13N3O7S/c1-3-20-10(14)11-12-21(17,18)9-6-7(13(15)16)4-5-8(9)19-2/h4-6,12H,3H2,1-2H3,(H,11,14).